The zero-order chi connectivity index (χ0) is 9.99. The summed E-state index contributed by atoms with van der Waals surface area (Å²) in [5.74, 6) is 0. The van der Waals surface area contributed by atoms with Crippen LogP contribution in [0.5, 0.6) is 0 Å². The van der Waals surface area contributed by atoms with E-state index in [1.54, 1.807) is 0 Å². The minimum atomic E-state index is -4.83. The van der Waals surface area contributed by atoms with Gasteiger partial charge in [-0.05, 0) is 0 Å². The zero-order valence-corrected chi connectivity index (χ0v) is 6.89. The van der Waals surface area contributed by atoms with Crippen molar-refractivity contribution in [2.45, 2.75) is 0 Å². The van der Waals surface area contributed by atoms with E-state index in [0.29, 0.717) is 0 Å². The van der Waals surface area contributed by atoms with Gasteiger partial charge < -0.3 is 0 Å². The van der Waals surface area contributed by atoms with Crippen LogP contribution >= 0.6 is 0 Å². The van der Waals surface area contributed by atoms with Gasteiger partial charge in [0.1, 0.15) is 0 Å². The van der Waals surface area contributed by atoms with Crippen LogP contribution in [-0.4, -0.2) is 69.7 Å². The van der Waals surface area contributed by atoms with E-state index >= 15 is 0 Å². The van der Waals surface area contributed by atoms with Crippen molar-refractivity contribution < 1.29 is 30.7 Å². The van der Waals surface area contributed by atoms with E-state index in [0.717, 1.165) is 9.44 Å². The molecule has 12 heteroatoms. The SMILES string of the molecule is O=C(NS(=O)(=O)O)NS(=O)(=O)O.[CaH2]. The predicted octanol–water partition coefficient (Wildman–Crippen LogP) is -3.02. The average molecular weight is 262 g/mol. The van der Waals surface area contributed by atoms with Crippen LogP contribution in [0, 0.1) is 0 Å². The Morgan fingerprint density at radius 2 is 1.15 bits per heavy atom. The van der Waals surface area contributed by atoms with Gasteiger partial charge in [-0.3, -0.25) is 9.11 Å². The Balaban J connectivity index is 0. The summed E-state index contributed by atoms with van der Waals surface area (Å²) in [5, 5.41) is 0. The molecule has 0 atom stereocenters. The molecule has 0 saturated carbocycles. The van der Waals surface area contributed by atoms with Gasteiger partial charge in [0, 0.05) is 0 Å². The van der Waals surface area contributed by atoms with Gasteiger partial charge in [0.05, 0.1) is 0 Å². The molecule has 0 bridgehead atoms. The molecule has 0 aromatic carbocycles. The molecule has 0 spiro atoms. The van der Waals surface area contributed by atoms with Crippen molar-refractivity contribution in [3.8, 4) is 0 Å². The first-order valence-corrected chi connectivity index (χ1v) is 5.02. The summed E-state index contributed by atoms with van der Waals surface area (Å²) in [5.41, 5.74) is 0. The Hall–Kier alpha value is 0.350. The number of nitrogens with one attached hydrogen (secondary N) is 2. The average Bonchev–Trinajstić information content (AvgIpc) is 1.49. The quantitative estimate of drug-likeness (QED) is 0.305. The molecule has 0 aliphatic heterocycles. The minimum absolute atomic E-state index is 0. The predicted molar refractivity (Wildman–Crippen MR) is 43.3 cm³/mol. The molecule has 4 N–H and O–H groups in total. The van der Waals surface area contributed by atoms with Gasteiger partial charge in [-0.25, -0.2) is 14.2 Å². The van der Waals surface area contributed by atoms with E-state index in [-0.39, 0.29) is 37.7 Å². The van der Waals surface area contributed by atoms with Crippen LogP contribution < -0.4 is 9.44 Å². The van der Waals surface area contributed by atoms with Gasteiger partial charge in [0.15, 0.2) is 0 Å². The van der Waals surface area contributed by atoms with Crippen molar-refractivity contribution in [3.63, 3.8) is 0 Å². The van der Waals surface area contributed by atoms with Gasteiger partial charge in [0.2, 0.25) is 0 Å². The summed E-state index contributed by atoms with van der Waals surface area (Å²) >= 11 is 0. The number of amides is 2. The number of carbonyl (C=O) groups is 1. The van der Waals surface area contributed by atoms with Crippen molar-refractivity contribution in [3.05, 3.63) is 0 Å². The summed E-state index contributed by atoms with van der Waals surface area (Å²) in [6, 6.07) is -1.79. The van der Waals surface area contributed by atoms with Crippen LogP contribution in [0.15, 0.2) is 0 Å². The molecule has 0 rings (SSSR count). The van der Waals surface area contributed by atoms with Gasteiger partial charge >= 0.3 is 64.4 Å². The van der Waals surface area contributed by atoms with Crippen LogP contribution in [0.1, 0.15) is 0 Å². The van der Waals surface area contributed by atoms with E-state index in [1.165, 1.54) is 0 Å². The summed E-state index contributed by atoms with van der Waals surface area (Å²) in [6.07, 6.45) is 0. The number of hydrogen-bond acceptors (Lipinski definition) is 5. The first-order chi connectivity index (χ1) is 5.10. The topological polar surface area (TPSA) is 150 Å². The molecule has 0 aromatic heterocycles. The molecular weight excluding hydrogens is 256 g/mol. The number of urea groups is 1. The fourth-order valence-electron chi connectivity index (χ4n) is 0.255. The fourth-order valence-corrected chi connectivity index (χ4v) is 0.890. The molecule has 0 heterocycles. The van der Waals surface area contributed by atoms with Crippen molar-refractivity contribution in [1.29, 1.82) is 0 Å². The van der Waals surface area contributed by atoms with E-state index in [2.05, 4.69) is 0 Å². The van der Waals surface area contributed by atoms with Crippen LogP contribution in [0.2, 0.25) is 0 Å². The molecule has 0 aliphatic carbocycles. The van der Waals surface area contributed by atoms with Gasteiger partial charge in [-0.1, -0.05) is 0 Å². The first-order valence-electron chi connectivity index (χ1n) is 2.14. The number of rotatable bonds is 2. The van der Waals surface area contributed by atoms with Crippen molar-refractivity contribution in [2.24, 2.45) is 0 Å². The third-order valence-corrected chi connectivity index (χ3v) is 1.33. The monoisotopic (exact) mass is 262 g/mol. The summed E-state index contributed by atoms with van der Waals surface area (Å²) < 4.78 is 56.8. The van der Waals surface area contributed by atoms with Crippen LogP contribution in [0.3, 0.4) is 0 Å². The maximum atomic E-state index is 10.2. The Morgan fingerprint density at radius 3 is 1.31 bits per heavy atom. The number of carbonyl (C=O) groups excluding carboxylic acids is 1. The number of hydrogen-bond donors (Lipinski definition) is 4. The Labute approximate surface area is 104 Å². The Morgan fingerprint density at radius 1 is 0.923 bits per heavy atom. The molecule has 0 aromatic rings. The molecule has 9 nitrogen and oxygen atoms in total. The molecule has 0 saturated heterocycles. The van der Waals surface area contributed by atoms with Crippen molar-refractivity contribution >= 4 is 64.4 Å². The molecule has 76 valence electrons. The van der Waals surface area contributed by atoms with E-state index in [9.17, 15) is 21.6 Å². The molecule has 0 unspecified atom stereocenters. The van der Waals surface area contributed by atoms with Gasteiger partial charge in [-0.15, -0.1) is 0 Å². The van der Waals surface area contributed by atoms with Gasteiger partial charge in [-0.2, -0.15) is 16.8 Å². The second-order valence-corrected chi connectivity index (χ2v) is 3.79. The maximum absolute atomic E-state index is 10.2. The Kier molecular flexibility index (Phi) is 6.43. The molecular formula is CH6CaN2O7S2. The zero-order valence-electron chi connectivity index (χ0n) is 5.25. The van der Waals surface area contributed by atoms with Crippen LogP contribution in [0.4, 0.5) is 4.79 Å². The molecule has 0 radical (unpaired) electrons. The molecule has 2 amide bonds. The first kappa shape index (κ1) is 15.8. The van der Waals surface area contributed by atoms with E-state index in [4.69, 9.17) is 9.11 Å². The van der Waals surface area contributed by atoms with E-state index in [1.807, 2.05) is 0 Å². The normalized spacial score (nSPS) is 11.2. The van der Waals surface area contributed by atoms with Crippen LogP contribution in [0.25, 0.3) is 0 Å². The van der Waals surface area contributed by atoms with E-state index < -0.39 is 26.6 Å². The molecule has 0 fully saturated rings. The molecule has 13 heavy (non-hydrogen) atoms. The standard InChI is InChI=1S/CH4N2O7S2.Ca.2H/c4-1(2-11(5,6)7)3-12(8,9)10;;;/h(H2,2,3,4)(H,5,6,7)(H,8,9,10);;;. The fraction of sp³-hybridized carbons (Fsp3) is 0. The second kappa shape index (κ2) is 5.28. The molecule has 0 aliphatic rings. The summed E-state index contributed by atoms with van der Waals surface area (Å²) in [6.45, 7) is 0. The van der Waals surface area contributed by atoms with Crippen molar-refractivity contribution in [2.75, 3.05) is 0 Å². The van der Waals surface area contributed by atoms with Gasteiger partial charge in [0.25, 0.3) is 0 Å². The summed E-state index contributed by atoms with van der Waals surface area (Å²) in [4.78, 5) is 10.2. The second-order valence-electron chi connectivity index (χ2n) is 1.48. The summed E-state index contributed by atoms with van der Waals surface area (Å²) in [7, 11) is -9.67. The van der Waals surface area contributed by atoms with Crippen LogP contribution in [-0.2, 0) is 20.6 Å². The third-order valence-electron chi connectivity index (χ3n) is 0.443. The Bertz CT molecular complexity index is 331. The van der Waals surface area contributed by atoms with Crippen molar-refractivity contribution in [1.82, 2.24) is 9.44 Å². The third kappa shape index (κ3) is 12.3.